The first-order valence-corrected chi connectivity index (χ1v) is 5.80. The average Bonchev–Trinajstić information content (AvgIpc) is 2.38. The molecule has 3 N–H and O–H groups in total. The number of carbonyl (C=O) groups is 1. The van der Waals surface area contributed by atoms with Crippen LogP contribution in [0.25, 0.3) is 10.9 Å². The number of aromatic nitrogens is 2. The second kappa shape index (κ2) is 4.81. The summed E-state index contributed by atoms with van der Waals surface area (Å²) in [6, 6.07) is 4.66. The van der Waals surface area contributed by atoms with Crippen LogP contribution in [0.15, 0.2) is 24.5 Å². The third-order valence-corrected chi connectivity index (χ3v) is 2.74. The van der Waals surface area contributed by atoms with Gasteiger partial charge in [-0.1, -0.05) is 0 Å². The number of hydrogen-bond donors (Lipinski definition) is 3. The summed E-state index contributed by atoms with van der Waals surface area (Å²) >= 11 is 0. The van der Waals surface area contributed by atoms with Crippen LogP contribution in [-0.4, -0.2) is 38.3 Å². The number of nitrogens with one attached hydrogen (secondary N) is 1. The Kier molecular flexibility index (Phi) is 3.35. The number of anilines is 1. The van der Waals surface area contributed by atoms with E-state index in [9.17, 15) is 9.90 Å². The Hall–Kier alpha value is -2.21. The predicted octanol–water partition coefficient (Wildman–Crippen LogP) is 1.51. The first kappa shape index (κ1) is 13.2. The van der Waals surface area contributed by atoms with Crippen molar-refractivity contribution < 1.29 is 15.0 Å². The first-order valence-electron chi connectivity index (χ1n) is 5.80. The van der Waals surface area contributed by atoms with Gasteiger partial charge in [-0.3, -0.25) is 0 Å². The van der Waals surface area contributed by atoms with E-state index in [-0.39, 0.29) is 12.2 Å². The number of aliphatic hydroxyl groups is 1. The molecule has 19 heavy (non-hydrogen) atoms. The summed E-state index contributed by atoms with van der Waals surface area (Å²) < 4.78 is 0. The van der Waals surface area contributed by atoms with Crippen LogP contribution in [0.1, 0.15) is 24.2 Å². The van der Waals surface area contributed by atoms with Gasteiger partial charge in [0, 0.05) is 5.39 Å². The Morgan fingerprint density at radius 2 is 2.11 bits per heavy atom. The minimum absolute atomic E-state index is 0.0499. The van der Waals surface area contributed by atoms with Crippen LogP contribution in [-0.2, 0) is 0 Å². The highest BCUT2D eigenvalue weighted by molar-refractivity contribution is 5.96. The zero-order valence-electron chi connectivity index (χ0n) is 10.7. The number of fused-ring (bicyclic) bond motifs is 1. The van der Waals surface area contributed by atoms with Crippen molar-refractivity contribution in [2.24, 2.45) is 0 Å². The van der Waals surface area contributed by atoms with E-state index in [1.165, 1.54) is 18.5 Å². The molecule has 0 atom stereocenters. The summed E-state index contributed by atoms with van der Waals surface area (Å²) in [4.78, 5) is 19.1. The number of benzene rings is 1. The van der Waals surface area contributed by atoms with Crippen molar-refractivity contribution in [3.63, 3.8) is 0 Å². The highest BCUT2D eigenvalue weighted by atomic mass is 16.4. The lowest BCUT2D eigenvalue weighted by Crippen LogP contribution is -2.35. The average molecular weight is 261 g/mol. The Morgan fingerprint density at radius 1 is 1.37 bits per heavy atom. The molecule has 1 heterocycles. The first-order chi connectivity index (χ1) is 8.93. The van der Waals surface area contributed by atoms with Gasteiger partial charge in [-0.25, -0.2) is 14.8 Å². The Labute approximate surface area is 110 Å². The van der Waals surface area contributed by atoms with E-state index in [0.29, 0.717) is 16.7 Å². The number of nitrogens with zero attached hydrogens (tertiary/aromatic N) is 2. The Bertz CT molecular complexity index is 626. The normalized spacial score (nSPS) is 11.5. The van der Waals surface area contributed by atoms with Gasteiger partial charge in [-0.15, -0.1) is 0 Å². The maximum atomic E-state index is 10.9. The number of carboxylic acids is 1. The zero-order valence-corrected chi connectivity index (χ0v) is 10.7. The van der Waals surface area contributed by atoms with Gasteiger partial charge in [0.2, 0.25) is 0 Å². The maximum Gasteiger partial charge on any atom is 0.335 e. The summed E-state index contributed by atoms with van der Waals surface area (Å²) in [5.74, 6) is -0.424. The highest BCUT2D eigenvalue weighted by Crippen LogP contribution is 2.23. The molecule has 1 aromatic heterocycles. The number of carboxylic acid groups (broad SMARTS) is 1. The van der Waals surface area contributed by atoms with Gasteiger partial charge < -0.3 is 15.5 Å². The van der Waals surface area contributed by atoms with Gasteiger partial charge in [-0.2, -0.15) is 0 Å². The van der Waals surface area contributed by atoms with Crippen molar-refractivity contribution in [1.29, 1.82) is 0 Å². The standard InChI is InChI=1S/C13H15N3O3/c1-13(2,6-17)16-11-9-4-3-8(12(18)19)5-10(9)14-7-15-11/h3-5,7,17H,6H2,1-2H3,(H,18,19)(H,14,15,16). The van der Waals surface area contributed by atoms with E-state index in [1.807, 2.05) is 13.8 Å². The molecular weight excluding hydrogens is 246 g/mol. The maximum absolute atomic E-state index is 10.9. The van der Waals surface area contributed by atoms with E-state index in [0.717, 1.165) is 0 Å². The van der Waals surface area contributed by atoms with Crippen LogP contribution in [0.4, 0.5) is 5.82 Å². The molecule has 0 bridgehead atoms. The molecule has 0 aliphatic carbocycles. The molecule has 1 aromatic carbocycles. The second-order valence-electron chi connectivity index (χ2n) is 4.93. The van der Waals surface area contributed by atoms with Crippen molar-refractivity contribution in [2.45, 2.75) is 19.4 Å². The highest BCUT2D eigenvalue weighted by Gasteiger charge is 2.18. The minimum atomic E-state index is -0.995. The van der Waals surface area contributed by atoms with E-state index in [2.05, 4.69) is 15.3 Å². The molecule has 0 fully saturated rings. The molecule has 0 aliphatic rings. The van der Waals surface area contributed by atoms with Gasteiger partial charge >= 0.3 is 5.97 Å². The molecule has 0 aliphatic heterocycles. The zero-order chi connectivity index (χ0) is 14.0. The van der Waals surface area contributed by atoms with Crippen LogP contribution in [0.5, 0.6) is 0 Å². The summed E-state index contributed by atoms with van der Waals surface area (Å²) in [5, 5.41) is 22.0. The summed E-state index contributed by atoms with van der Waals surface area (Å²) in [6.45, 7) is 3.63. The van der Waals surface area contributed by atoms with Crippen LogP contribution in [0.2, 0.25) is 0 Å². The van der Waals surface area contributed by atoms with Crippen LogP contribution < -0.4 is 5.32 Å². The van der Waals surface area contributed by atoms with Gasteiger partial charge in [0.1, 0.15) is 12.1 Å². The summed E-state index contributed by atoms with van der Waals surface area (Å²) in [5.41, 5.74) is 0.206. The molecule has 0 amide bonds. The third kappa shape index (κ3) is 2.79. The number of rotatable bonds is 4. The topological polar surface area (TPSA) is 95.3 Å². The van der Waals surface area contributed by atoms with Crippen molar-refractivity contribution >= 4 is 22.7 Å². The lowest BCUT2D eigenvalue weighted by atomic mass is 10.1. The molecule has 0 unspecified atom stereocenters. The lowest BCUT2D eigenvalue weighted by Gasteiger charge is -2.24. The lowest BCUT2D eigenvalue weighted by molar-refractivity contribution is 0.0697. The Morgan fingerprint density at radius 3 is 2.74 bits per heavy atom. The molecule has 6 heteroatoms. The summed E-state index contributed by atoms with van der Waals surface area (Å²) in [6.07, 6.45) is 1.36. The number of aliphatic hydroxyl groups excluding tert-OH is 1. The monoisotopic (exact) mass is 261 g/mol. The van der Waals surface area contributed by atoms with Crippen molar-refractivity contribution in [3.8, 4) is 0 Å². The summed E-state index contributed by atoms with van der Waals surface area (Å²) in [7, 11) is 0. The molecule has 0 radical (unpaired) electrons. The SMILES string of the molecule is CC(C)(CO)Nc1ncnc2cc(C(=O)O)ccc12. The van der Waals surface area contributed by atoms with Crippen molar-refractivity contribution in [3.05, 3.63) is 30.1 Å². The Balaban J connectivity index is 2.49. The molecule has 6 nitrogen and oxygen atoms in total. The van der Waals surface area contributed by atoms with Gasteiger partial charge in [0.15, 0.2) is 0 Å². The largest absolute Gasteiger partial charge is 0.478 e. The molecule has 0 saturated carbocycles. The third-order valence-electron chi connectivity index (χ3n) is 2.74. The molecule has 0 saturated heterocycles. The number of hydrogen-bond acceptors (Lipinski definition) is 5. The molecule has 100 valence electrons. The fourth-order valence-electron chi connectivity index (χ4n) is 1.65. The second-order valence-corrected chi connectivity index (χ2v) is 4.93. The van der Waals surface area contributed by atoms with E-state index in [4.69, 9.17) is 5.11 Å². The fourth-order valence-corrected chi connectivity index (χ4v) is 1.65. The smallest absolute Gasteiger partial charge is 0.335 e. The minimum Gasteiger partial charge on any atom is -0.478 e. The number of aromatic carboxylic acids is 1. The fraction of sp³-hybridized carbons (Fsp3) is 0.308. The van der Waals surface area contributed by atoms with E-state index in [1.54, 1.807) is 6.07 Å². The van der Waals surface area contributed by atoms with Gasteiger partial charge in [-0.05, 0) is 32.0 Å². The predicted molar refractivity (Wildman–Crippen MR) is 71.3 cm³/mol. The van der Waals surface area contributed by atoms with Gasteiger partial charge in [0.25, 0.3) is 0 Å². The molecular formula is C13H15N3O3. The van der Waals surface area contributed by atoms with Crippen molar-refractivity contribution in [2.75, 3.05) is 11.9 Å². The van der Waals surface area contributed by atoms with Gasteiger partial charge in [0.05, 0.1) is 23.2 Å². The molecule has 2 aromatic rings. The van der Waals surface area contributed by atoms with Crippen LogP contribution in [0.3, 0.4) is 0 Å². The quantitative estimate of drug-likeness (QED) is 0.772. The molecule has 0 spiro atoms. The van der Waals surface area contributed by atoms with Crippen LogP contribution >= 0.6 is 0 Å². The van der Waals surface area contributed by atoms with Crippen LogP contribution in [0, 0.1) is 0 Å². The van der Waals surface area contributed by atoms with Crippen molar-refractivity contribution in [1.82, 2.24) is 9.97 Å². The molecule has 2 rings (SSSR count). The van der Waals surface area contributed by atoms with E-state index >= 15 is 0 Å². The van der Waals surface area contributed by atoms with E-state index < -0.39 is 11.5 Å².